The average molecular weight is 698 g/mol. The number of sulfonamides is 1. The van der Waals surface area contributed by atoms with E-state index in [0.717, 1.165) is 42.1 Å². The van der Waals surface area contributed by atoms with Gasteiger partial charge in [-0.15, -0.1) is 0 Å². The summed E-state index contributed by atoms with van der Waals surface area (Å²) in [7, 11) is -4.18. The highest BCUT2D eigenvalue weighted by atomic mass is 32.2. The topological polar surface area (TPSA) is 140 Å². The van der Waals surface area contributed by atoms with Gasteiger partial charge in [0, 0.05) is 29.7 Å². The Morgan fingerprint density at radius 2 is 1.74 bits per heavy atom. The number of amides is 1. The van der Waals surface area contributed by atoms with Crippen LogP contribution in [0.2, 0.25) is 0 Å². The molecule has 50 heavy (non-hydrogen) atoms. The minimum atomic E-state index is -4.18. The molecule has 2 aromatic carbocycles. The van der Waals surface area contributed by atoms with E-state index < -0.39 is 16.1 Å². The quantitative estimate of drug-likeness (QED) is 0.288. The highest BCUT2D eigenvalue weighted by molar-refractivity contribution is 7.92. The minimum absolute atomic E-state index is 0.0809. The van der Waals surface area contributed by atoms with E-state index in [4.69, 9.17) is 14.5 Å². The van der Waals surface area contributed by atoms with Gasteiger partial charge in [0.1, 0.15) is 12.4 Å². The summed E-state index contributed by atoms with van der Waals surface area (Å²) in [6.07, 6.45) is 5.07. The zero-order valence-corrected chi connectivity index (χ0v) is 29.9. The van der Waals surface area contributed by atoms with E-state index in [1.807, 2.05) is 32.0 Å². The summed E-state index contributed by atoms with van der Waals surface area (Å²) >= 11 is 0. The monoisotopic (exact) mass is 697 g/mol. The van der Waals surface area contributed by atoms with Gasteiger partial charge in [-0.25, -0.2) is 23.1 Å². The number of hydrogen-bond donors (Lipinski definition) is 1. The van der Waals surface area contributed by atoms with E-state index in [-0.39, 0.29) is 52.8 Å². The molecule has 2 saturated heterocycles. The van der Waals surface area contributed by atoms with E-state index >= 15 is 0 Å². The summed E-state index contributed by atoms with van der Waals surface area (Å²) in [6, 6.07) is 13.5. The molecule has 3 aliphatic rings. The molecule has 12 nitrogen and oxygen atoms in total. The number of benzene rings is 2. The minimum Gasteiger partial charge on any atom is -0.475 e. The van der Waals surface area contributed by atoms with Gasteiger partial charge < -0.3 is 19.3 Å². The smallest absolute Gasteiger partial charge is 0.264 e. The lowest BCUT2D eigenvalue weighted by atomic mass is 9.87. The van der Waals surface area contributed by atoms with Gasteiger partial charge in [-0.1, -0.05) is 45.0 Å². The van der Waals surface area contributed by atoms with Crippen molar-refractivity contribution in [3.63, 3.8) is 0 Å². The molecule has 13 heteroatoms. The summed E-state index contributed by atoms with van der Waals surface area (Å²) in [5.74, 6) is 0.964. The van der Waals surface area contributed by atoms with E-state index in [1.165, 1.54) is 12.1 Å². The van der Waals surface area contributed by atoms with Gasteiger partial charge in [0.2, 0.25) is 11.8 Å². The normalized spacial score (nSPS) is 21.8. The Morgan fingerprint density at radius 3 is 2.52 bits per heavy atom. The van der Waals surface area contributed by atoms with E-state index in [0.29, 0.717) is 30.3 Å². The lowest BCUT2D eigenvalue weighted by molar-refractivity contribution is 0.0509. The molecule has 7 rings (SSSR count). The van der Waals surface area contributed by atoms with Crippen LogP contribution in [0.25, 0.3) is 11.3 Å². The van der Waals surface area contributed by atoms with Gasteiger partial charge in [0.05, 0.1) is 60.5 Å². The Labute approximate surface area is 293 Å². The lowest BCUT2D eigenvalue weighted by Crippen LogP contribution is -2.45. The maximum atomic E-state index is 14.6. The number of anilines is 2. The Bertz CT molecular complexity index is 2010. The van der Waals surface area contributed by atoms with Crippen LogP contribution in [-0.4, -0.2) is 77.6 Å². The molecular formula is C37H43N7O5S. The summed E-state index contributed by atoms with van der Waals surface area (Å²) < 4.78 is 42.2. The summed E-state index contributed by atoms with van der Waals surface area (Å²) in [4.78, 5) is 37.1. The lowest BCUT2D eigenvalue weighted by Gasteiger charge is -2.35. The highest BCUT2D eigenvalue weighted by Crippen LogP contribution is 2.34. The van der Waals surface area contributed by atoms with E-state index in [2.05, 4.69) is 45.3 Å². The molecule has 0 unspecified atom stereocenters. The first kappa shape index (κ1) is 33.9. The summed E-state index contributed by atoms with van der Waals surface area (Å²) in [5.41, 5.74) is 3.98. The third-order valence-electron chi connectivity index (χ3n) is 9.63. The Hall–Kier alpha value is -4.62. The standard InChI is InChI=1S/C37H43N7O5S/c1-23-8-6-9-24(2)34(23)30-15-33-41-36(40-30)42-50(46,47)29-11-7-10-25(14-29)35(45)44(28(21-49-33)16-37(3,4)5)19-27-17-38-18-32(39-27)43-13-12-26-20-48-22-31(26)43/h6-11,14-15,17-18,26,28,31H,12-13,16,19-22H2,1-5H3,(H,40,41,42)/t26-,28-,31+/m1/s1. The number of fused-ring (bicyclic) bond motifs is 5. The van der Waals surface area contributed by atoms with Crippen molar-refractivity contribution in [1.29, 1.82) is 0 Å². The maximum Gasteiger partial charge on any atom is 0.264 e. The Morgan fingerprint density at radius 1 is 0.960 bits per heavy atom. The number of hydrogen-bond acceptors (Lipinski definition) is 10. The Balaban J connectivity index is 1.31. The van der Waals surface area contributed by atoms with E-state index in [9.17, 15) is 13.2 Å². The van der Waals surface area contributed by atoms with Crippen LogP contribution < -0.4 is 14.4 Å². The third kappa shape index (κ3) is 7.02. The van der Waals surface area contributed by atoms with Crippen LogP contribution >= 0.6 is 0 Å². The summed E-state index contributed by atoms with van der Waals surface area (Å²) in [6.45, 7) is 12.8. The van der Waals surface area contributed by atoms with Crippen molar-refractivity contribution in [2.24, 2.45) is 11.3 Å². The number of aromatic nitrogens is 4. The van der Waals surface area contributed by atoms with Crippen LogP contribution in [0.5, 0.6) is 5.88 Å². The van der Waals surface area contributed by atoms with Crippen LogP contribution in [-0.2, 0) is 21.3 Å². The number of nitrogens with one attached hydrogen (secondary N) is 1. The predicted octanol–water partition coefficient (Wildman–Crippen LogP) is 5.42. The maximum absolute atomic E-state index is 14.6. The molecule has 2 fully saturated rings. The van der Waals surface area contributed by atoms with Crippen molar-refractivity contribution in [2.45, 2.75) is 71.0 Å². The number of aryl methyl sites for hydroxylation is 2. The zero-order valence-electron chi connectivity index (χ0n) is 29.1. The number of ether oxygens (including phenoxy) is 2. The van der Waals surface area contributed by atoms with Crippen LogP contribution in [0.3, 0.4) is 0 Å². The molecule has 3 aliphatic heterocycles. The molecule has 1 amide bonds. The number of carbonyl (C=O) groups excluding carboxylic acids is 1. The fraction of sp³-hybridized carbons (Fsp3) is 0.432. The van der Waals surface area contributed by atoms with Crippen molar-refractivity contribution in [1.82, 2.24) is 24.8 Å². The molecule has 0 saturated carbocycles. The van der Waals surface area contributed by atoms with Crippen molar-refractivity contribution >= 4 is 27.7 Å². The second-order valence-corrected chi connectivity index (χ2v) is 16.4. The molecule has 0 aliphatic carbocycles. The van der Waals surface area contributed by atoms with Crippen LogP contribution in [0.1, 0.15) is 60.8 Å². The molecule has 262 valence electrons. The molecule has 3 atom stereocenters. The average Bonchev–Trinajstić information content (AvgIpc) is 3.69. The number of carbonyl (C=O) groups is 1. The molecule has 4 aromatic rings. The first-order valence-electron chi connectivity index (χ1n) is 17.0. The predicted molar refractivity (Wildman–Crippen MR) is 190 cm³/mol. The fourth-order valence-electron chi connectivity index (χ4n) is 7.29. The first-order chi connectivity index (χ1) is 23.8. The second-order valence-electron chi connectivity index (χ2n) is 14.7. The summed E-state index contributed by atoms with van der Waals surface area (Å²) in [5, 5.41) is 0. The molecule has 0 radical (unpaired) electrons. The highest BCUT2D eigenvalue weighted by Gasteiger charge is 2.39. The van der Waals surface area contributed by atoms with E-state index in [1.54, 1.807) is 35.5 Å². The van der Waals surface area contributed by atoms with Gasteiger partial charge in [0.25, 0.3) is 15.9 Å². The first-order valence-corrected chi connectivity index (χ1v) is 18.5. The number of nitrogens with zero attached hydrogens (tertiary/aromatic N) is 6. The number of rotatable bonds is 5. The fourth-order valence-corrected chi connectivity index (χ4v) is 8.28. The van der Waals surface area contributed by atoms with Crippen LogP contribution in [0.15, 0.2) is 65.8 Å². The second kappa shape index (κ2) is 13.3. The van der Waals surface area contributed by atoms with Gasteiger partial charge in [-0.2, -0.15) is 4.98 Å². The van der Waals surface area contributed by atoms with Gasteiger partial charge in [-0.05, 0) is 61.4 Å². The molecule has 5 heterocycles. The van der Waals surface area contributed by atoms with Crippen LogP contribution in [0, 0.1) is 25.2 Å². The SMILES string of the molecule is Cc1cccc(C)c1-c1cc2nc(n1)NS(=O)(=O)c1cccc(c1)C(=O)N(Cc1cncc(N3CC[C@@H]4COC[C@@H]43)n1)[C@H](CC(C)(C)C)CO2. The van der Waals surface area contributed by atoms with Crippen molar-refractivity contribution < 1.29 is 22.7 Å². The zero-order chi connectivity index (χ0) is 35.2. The molecule has 1 N–H and O–H groups in total. The van der Waals surface area contributed by atoms with Crippen molar-refractivity contribution in [2.75, 3.05) is 36.0 Å². The molecule has 2 aromatic heterocycles. The van der Waals surface area contributed by atoms with Crippen LogP contribution in [0.4, 0.5) is 11.8 Å². The van der Waals surface area contributed by atoms with Crippen molar-refractivity contribution in [3.05, 3.63) is 83.3 Å². The van der Waals surface area contributed by atoms with Gasteiger partial charge >= 0.3 is 0 Å². The Kier molecular flexibility index (Phi) is 8.97. The molecule has 0 spiro atoms. The third-order valence-corrected chi connectivity index (χ3v) is 11.0. The van der Waals surface area contributed by atoms with Gasteiger partial charge in [-0.3, -0.25) is 9.78 Å². The van der Waals surface area contributed by atoms with Gasteiger partial charge in [0.15, 0.2) is 0 Å². The van der Waals surface area contributed by atoms with Crippen molar-refractivity contribution in [3.8, 4) is 17.1 Å². The molecule has 4 bridgehead atoms. The largest absolute Gasteiger partial charge is 0.475 e. The molecular weight excluding hydrogens is 655 g/mol.